The predicted octanol–water partition coefficient (Wildman–Crippen LogP) is 4.96. The van der Waals surface area contributed by atoms with Gasteiger partial charge in [0.15, 0.2) is 0 Å². The van der Waals surface area contributed by atoms with Gasteiger partial charge in [0.2, 0.25) is 0 Å². The lowest BCUT2D eigenvalue weighted by Gasteiger charge is -2.09. The van der Waals surface area contributed by atoms with Gasteiger partial charge in [0.05, 0.1) is 0 Å². The van der Waals surface area contributed by atoms with Crippen LogP contribution in [0.15, 0.2) is 30.3 Å². The van der Waals surface area contributed by atoms with Gasteiger partial charge in [-0.1, -0.05) is 78.9 Å². The molecule has 0 aliphatic rings. The van der Waals surface area contributed by atoms with Crippen LogP contribution >= 0.6 is 15.9 Å². The summed E-state index contributed by atoms with van der Waals surface area (Å²) >= 11 is 3.77. The highest BCUT2D eigenvalue weighted by molar-refractivity contribution is 9.09. The topological polar surface area (TPSA) is 0 Å². The maximum atomic E-state index is 3.77. The molecule has 0 radical (unpaired) electrons. The summed E-state index contributed by atoms with van der Waals surface area (Å²) in [7, 11) is 0. The van der Waals surface area contributed by atoms with Crippen molar-refractivity contribution in [3.8, 4) is 0 Å². The summed E-state index contributed by atoms with van der Waals surface area (Å²) in [4.78, 5) is 0.650. The molecule has 0 saturated carbocycles. The molecule has 0 spiro atoms. The number of alkyl halides is 1. The van der Waals surface area contributed by atoms with Crippen LogP contribution in [0.25, 0.3) is 0 Å². The Morgan fingerprint density at radius 1 is 1.07 bits per heavy atom. The van der Waals surface area contributed by atoms with E-state index in [2.05, 4.69) is 53.2 Å². The largest absolute Gasteiger partial charge is 0.0887 e. The second-order valence-electron chi connectivity index (χ2n) is 4.14. The second kappa shape index (κ2) is 7.92. The summed E-state index contributed by atoms with van der Waals surface area (Å²) in [5.41, 5.74) is 1.44. The lowest BCUT2D eigenvalue weighted by molar-refractivity contribution is 0.619. The van der Waals surface area contributed by atoms with Gasteiger partial charge >= 0.3 is 0 Å². The van der Waals surface area contributed by atoms with Gasteiger partial charge in [0.1, 0.15) is 0 Å². The Morgan fingerprint density at radius 2 is 1.80 bits per heavy atom. The van der Waals surface area contributed by atoms with E-state index in [1.54, 1.807) is 0 Å². The van der Waals surface area contributed by atoms with Gasteiger partial charge in [0, 0.05) is 4.83 Å². The summed E-state index contributed by atoms with van der Waals surface area (Å²) < 4.78 is 0. The molecular formula is C14H21Br. The standard InChI is InChI=1S/C14H21Br/c1-2-3-4-8-11-14(15)12-13-9-6-5-7-10-13/h5-7,9-10,14H,2-4,8,11-12H2,1H3. The van der Waals surface area contributed by atoms with E-state index in [1.807, 2.05) is 0 Å². The predicted molar refractivity (Wildman–Crippen MR) is 71.6 cm³/mol. The summed E-state index contributed by atoms with van der Waals surface area (Å²) in [6.45, 7) is 2.26. The monoisotopic (exact) mass is 268 g/mol. The van der Waals surface area contributed by atoms with Gasteiger partial charge in [-0.25, -0.2) is 0 Å². The van der Waals surface area contributed by atoms with Crippen molar-refractivity contribution in [1.82, 2.24) is 0 Å². The summed E-state index contributed by atoms with van der Waals surface area (Å²) in [6, 6.07) is 10.7. The van der Waals surface area contributed by atoms with E-state index in [-0.39, 0.29) is 0 Å². The highest BCUT2D eigenvalue weighted by Crippen LogP contribution is 2.16. The molecular weight excluding hydrogens is 248 g/mol. The molecule has 1 aromatic rings. The molecule has 0 N–H and O–H groups in total. The summed E-state index contributed by atoms with van der Waals surface area (Å²) in [5, 5.41) is 0. The van der Waals surface area contributed by atoms with Crippen molar-refractivity contribution in [2.45, 2.75) is 50.3 Å². The third-order valence-corrected chi connectivity index (χ3v) is 3.45. The van der Waals surface area contributed by atoms with Crippen LogP contribution in [-0.4, -0.2) is 4.83 Å². The van der Waals surface area contributed by atoms with Crippen molar-refractivity contribution in [3.05, 3.63) is 35.9 Å². The van der Waals surface area contributed by atoms with E-state index >= 15 is 0 Å². The molecule has 0 bridgehead atoms. The molecule has 1 rings (SSSR count). The smallest absolute Gasteiger partial charge is 0.0186 e. The molecule has 1 atom stereocenters. The molecule has 1 aromatic carbocycles. The van der Waals surface area contributed by atoms with Crippen molar-refractivity contribution in [2.75, 3.05) is 0 Å². The molecule has 1 heteroatoms. The van der Waals surface area contributed by atoms with Crippen LogP contribution in [0.1, 0.15) is 44.6 Å². The Kier molecular flexibility index (Phi) is 6.74. The summed E-state index contributed by atoms with van der Waals surface area (Å²) in [6.07, 6.45) is 7.91. The molecule has 0 aliphatic heterocycles. The zero-order chi connectivity index (χ0) is 10.9. The molecule has 15 heavy (non-hydrogen) atoms. The fraction of sp³-hybridized carbons (Fsp3) is 0.571. The molecule has 0 amide bonds. The lowest BCUT2D eigenvalue weighted by Crippen LogP contribution is -2.02. The normalized spacial score (nSPS) is 12.7. The third-order valence-electron chi connectivity index (χ3n) is 2.67. The highest BCUT2D eigenvalue weighted by Gasteiger charge is 2.04. The lowest BCUT2D eigenvalue weighted by atomic mass is 10.1. The van der Waals surface area contributed by atoms with Gasteiger partial charge < -0.3 is 0 Å². The van der Waals surface area contributed by atoms with Gasteiger partial charge in [-0.15, -0.1) is 0 Å². The Morgan fingerprint density at radius 3 is 2.47 bits per heavy atom. The van der Waals surface area contributed by atoms with Crippen molar-refractivity contribution in [3.63, 3.8) is 0 Å². The van der Waals surface area contributed by atoms with E-state index in [1.165, 1.54) is 37.7 Å². The van der Waals surface area contributed by atoms with Crippen molar-refractivity contribution in [1.29, 1.82) is 0 Å². The Labute approximate surface area is 102 Å². The second-order valence-corrected chi connectivity index (χ2v) is 5.43. The minimum Gasteiger partial charge on any atom is -0.0887 e. The van der Waals surface area contributed by atoms with Gasteiger partial charge in [0.25, 0.3) is 0 Å². The maximum Gasteiger partial charge on any atom is 0.0186 e. The van der Waals surface area contributed by atoms with Gasteiger partial charge in [-0.3, -0.25) is 0 Å². The fourth-order valence-corrected chi connectivity index (χ4v) is 2.46. The molecule has 0 aromatic heterocycles. The van der Waals surface area contributed by atoms with E-state index in [9.17, 15) is 0 Å². The number of hydrogen-bond acceptors (Lipinski definition) is 0. The number of halogens is 1. The van der Waals surface area contributed by atoms with Crippen molar-refractivity contribution >= 4 is 15.9 Å². The van der Waals surface area contributed by atoms with Crippen LogP contribution < -0.4 is 0 Å². The number of unbranched alkanes of at least 4 members (excludes halogenated alkanes) is 3. The Bertz CT molecular complexity index is 243. The van der Waals surface area contributed by atoms with Crippen LogP contribution in [0, 0.1) is 0 Å². The van der Waals surface area contributed by atoms with Crippen LogP contribution in [0.4, 0.5) is 0 Å². The minimum absolute atomic E-state index is 0.650. The number of benzene rings is 1. The van der Waals surface area contributed by atoms with E-state index in [4.69, 9.17) is 0 Å². The van der Waals surface area contributed by atoms with Gasteiger partial charge in [-0.05, 0) is 18.4 Å². The van der Waals surface area contributed by atoms with Crippen LogP contribution in [0.5, 0.6) is 0 Å². The minimum atomic E-state index is 0.650. The first-order valence-corrected chi connectivity index (χ1v) is 6.92. The third kappa shape index (κ3) is 5.99. The Balaban J connectivity index is 2.16. The fourth-order valence-electron chi connectivity index (χ4n) is 1.76. The first-order chi connectivity index (χ1) is 7.33. The van der Waals surface area contributed by atoms with Crippen molar-refractivity contribution < 1.29 is 0 Å². The van der Waals surface area contributed by atoms with E-state index in [0.717, 1.165) is 6.42 Å². The first-order valence-electron chi connectivity index (χ1n) is 6.01. The number of hydrogen-bond donors (Lipinski definition) is 0. The summed E-state index contributed by atoms with van der Waals surface area (Å²) in [5.74, 6) is 0. The quantitative estimate of drug-likeness (QED) is 0.484. The first kappa shape index (κ1) is 12.8. The molecule has 0 heterocycles. The SMILES string of the molecule is CCCCCCC(Br)Cc1ccccc1. The molecule has 1 unspecified atom stereocenters. The van der Waals surface area contributed by atoms with Gasteiger partial charge in [-0.2, -0.15) is 0 Å². The molecule has 84 valence electrons. The zero-order valence-electron chi connectivity index (χ0n) is 9.58. The molecule has 0 nitrogen and oxygen atoms in total. The van der Waals surface area contributed by atoms with E-state index < -0.39 is 0 Å². The maximum absolute atomic E-state index is 3.77. The van der Waals surface area contributed by atoms with Crippen LogP contribution in [0.2, 0.25) is 0 Å². The van der Waals surface area contributed by atoms with Crippen molar-refractivity contribution in [2.24, 2.45) is 0 Å². The Hall–Kier alpha value is -0.300. The highest BCUT2D eigenvalue weighted by atomic mass is 79.9. The molecule has 0 aliphatic carbocycles. The average Bonchev–Trinajstić information content (AvgIpc) is 2.26. The van der Waals surface area contributed by atoms with Crippen LogP contribution in [-0.2, 0) is 6.42 Å². The zero-order valence-corrected chi connectivity index (χ0v) is 11.2. The molecule has 0 fully saturated rings. The van der Waals surface area contributed by atoms with Crippen LogP contribution in [0.3, 0.4) is 0 Å². The number of rotatable bonds is 7. The van der Waals surface area contributed by atoms with E-state index in [0.29, 0.717) is 4.83 Å². The average molecular weight is 269 g/mol. The molecule has 0 saturated heterocycles.